The van der Waals surface area contributed by atoms with Gasteiger partial charge in [-0.2, -0.15) is 0 Å². The number of benzene rings is 1. The van der Waals surface area contributed by atoms with Gasteiger partial charge in [-0.05, 0) is 38.7 Å². The van der Waals surface area contributed by atoms with Crippen molar-refractivity contribution in [3.63, 3.8) is 0 Å². The highest BCUT2D eigenvalue weighted by molar-refractivity contribution is 5.56. The third-order valence-electron chi connectivity index (χ3n) is 3.80. The fraction of sp³-hybridized carbons (Fsp3) is 0.538. The topological polar surface area (TPSA) is 55.2 Å². The van der Waals surface area contributed by atoms with Crippen molar-refractivity contribution in [1.29, 1.82) is 0 Å². The van der Waals surface area contributed by atoms with E-state index in [1.807, 2.05) is 12.1 Å². The lowest BCUT2D eigenvalue weighted by atomic mass is 9.74. The molecule has 1 aliphatic rings. The molecule has 2 rings (SSSR count). The first-order valence-corrected chi connectivity index (χ1v) is 6.09. The van der Waals surface area contributed by atoms with Gasteiger partial charge < -0.3 is 5.32 Å². The fourth-order valence-corrected chi connectivity index (χ4v) is 2.36. The fourth-order valence-electron chi connectivity index (χ4n) is 2.36. The van der Waals surface area contributed by atoms with Crippen molar-refractivity contribution in [2.45, 2.75) is 45.1 Å². The van der Waals surface area contributed by atoms with Gasteiger partial charge in [0, 0.05) is 22.9 Å². The van der Waals surface area contributed by atoms with E-state index in [2.05, 4.69) is 12.2 Å². The zero-order chi connectivity index (χ0) is 12.5. The SMILES string of the molecule is CCC1(Nc2ccc(C)c([N+](=O)[O-])c2)CCC1. The molecule has 0 aliphatic heterocycles. The van der Waals surface area contributed by atoms with Crippen LogP contribution in [0.1, 0.15) is 38.2 Å². The molecule has 0 aromatic heterocycles. The van der Waals surface area contributed by atoms with E-state index >= 15 is 0 Å². The van der Waals surface area contributed by atoms with Crippen LogP contribution in [0.3, 0.4) is 0 Å². The van der Waals surface area contributed by atoms with Crippen molar-refractivity contribution in [3.8, 4) is 0 Å². The van der Waals surface area contributed by atoms with Gasteiger partial charge in [-0.1, -0.05) is 13.0 Å². The summed E-state index contributed by atoms with van der Waals surface area (Å²) < 4.78 is 0. The van der Waals surface area contributed by atoms with Gasteiger partial charge in [-0.25, -0.2) is 0 Å². The molecule has 1 aromatic rings. The maximum absolute atomic E-state index is 10.9. The van der Waals surface area contributed by atoms with E-state index in [1.165, 1.54) is 6.42 Å². The van der Waals surface area contributed by atoms with Crippen LogP contribution in [0, 0.1) is 17.0 Å². The van der Waals surface area contributed by atoms with E-state index < -0.39 is 0 Å². The van der Waals surface area contributed by atoms with Gasteiger partial charge in [0.2, 0.25) is 0 Å². The van der Waals surface area contributed by atoms with Crippen LogP contribution in [0.2, 0.25) is 0 Å². The summed E-state index contributed by atoms with van der Waals surface area (Å²) in [6.45, 7) is 3.93. The molecule has 0 saturated heterocycles. The predicted octanol–water partition coefficient (Wildman–Crippen LogP) is 3.65. The minimum absolute atomic E-state index is 0.170. The van der Waals surface area contributed by atoms with Gasteiger partial charge in [0.25, 0.3) is 5.69 Å². The zero-order valence-electron chi connectivity index (χ0n) is 10.3. The Morgan fingerprint density at radius 1 is 1.47 bits per heavy atom. The average molecular weight is 234 g/mol. The van der Waals surface area contributed by atoms with Crippen LogP contribution in [0.25, 0.3) is 0 Å². The number of aryl methyl sites for hydroxylation is 1. The molecule has 0 amide bonds. The molecule has 0 atom stereocenters. The molecule has 1 saturated carbocycles. The van der Waals surface area contributed by atoms with E-state index in [0.29, 0.717) is 5.56 Å². The molecule has 1 aromatic carbocycles. The lowest BCUT2D eigenvalue weighted by molar-refractivity contribution is -0.385. The number of hydrogen-bond donors (Lipinski definition) is 1. The molecule has 1 fully saturated rings. The second-order valence-electron chi connectivity index (χ2n) is 4.87. The van der Waals surface area contributed by atoms with Crippen LogP contribution in [-0.4, -0.2) is 10.5 Å². The Bertz CT molecular complexity index is 434. The average Bonchev–Trinajstić information content (AvgIpc) is 2.25. The summed E-state index contributed by atoms with van der Waals surface area (Å²) in [7, 11) is 0. The highest BCUT2D eigenvalue weighted by atomic mass is 16.6. The number of hydrogen-bond acceptors (Lipinski definition) is 3. The first-order valence-electron chi connectivity index (χ1n) is 6.09. The van der Waals surface area contributed by atoms with Crippen LogP contribution < -0.4 is 5.32 Å². The minimum Gasteiger partial charge on any atom is -0.379 e. The molecule has 4 heteroatoms. The van der Waals surface area contributed by atoms with Crippen LogP contribution in [0.5, 0.6) is 0 Å². The minimum atomic E-state index is -0.320. The molecule has 0 heterocycles. The predicted molar refractivity (Wildman–Crippen MR) is 68.3 cm³/mol. The Morgan fingerprint density at radius 3 is 2.65 bits per heavy atom. The van der Waals surface area contributed by atoms with E-state index in [9.17, 15) is 10.1 Å². The smallest absolute Gasteiger partial charge is 0.274 e. The Kier molecular flexibility index (Phi) is 3.05. The van der Waals surface area contributed by atoms with Crippen LogP contribution >= 0.6 is 0 Å². The van der Waals surface area contributed by atoms with Crippen molar-refractivity contribution >= 4 is 11.4 Å². The van der Waals surface area contributed by atoms with E-state index in [4.69, 9.17) is 0 Å². The summed E-state index contributed by atoms with van der Waals surface area (Å²) in [5.41, 5.74) is 1.94. The van der Waals surface area contributed by atoms with Gasteiger partial charge in [-0.15, -0.1) is 0 Å². The highest BCUT2D eigenvalue weighted by Crippen LogP contribution is 2.38. The van der Waals surface area contributed by atoms with Gasteiger partial charge in [0.15, 0.2) is 0 Å². The molecule has 0 bridgehead atoms. The van der Waals surface area contributed by atoms with Crippen LogP contribution in [0.4, 0.5) is 11.4 Å². The first kappa shape index (κ1) is 11.9. The van der Waals surface area contributed by atoms with Crippen molar-refractivity contribution < 1.29 is 4.92 Å². The van der Waals surface area contributed by atoms with Gasteiger partial charge in [0.05, 0.1) is 4.92 Å². The molecule has 0 spiro atoms. The Labute approximate surface area is 101 Å². The molecule has 1 aliphatic carbocycles. The normalized spacial score (nSPS) is 17.3. The number of nitrogens with zero attached hydrogens (tertiary/aromatic N) is 1. The third-order valence-corrected chi connectivity index (χ3v) is 3.80. The van der Waals surface area contributed by atoms with E-state index in [0.717, 1.165) is 24.9 Å². The van der Waals surface area contributed by atoms with Crippen molar-refractivity contribution in [1.82, 2.24) is 0 Å². The number of nitrogens with one attached hydrogen (secondary N) is 1. The summed E-state index contributed by atoms with van der Waals surface area (Å²) in [4.78, 5) is 10.6. The van der Waals surface area contributed by atoms with Gasteiger partial charge >= 0.3 is 0 Å². The van der Waals surface area contributed by atoms with Crippen molar-refractivity contribution in [3.05, 3.63) is 33.9 Å². The number of anilines is 1. The monoisotopic (exact) mass is 234 g/mol. The Balaban J connectivity index is 2.22. The zero-order valence-corrected chi connectivity index (χ0v) is 10.3. The second kappa shape index (κ2) is 4.35. The molecule has 0 unspecified atom stereocenters. The molecule has 17 heavy (non-hydrogen) atoms. The molecule has 4 nitrogen and oxygen atoms in total. The molecule has 0 radical (unpaired) electrons. The Morgan fingerprint density at radius 2 is 2.18 bits per heavy atom. The molecule has 1 N–H and O–H groups in total. The second-order valence-corrected chi connectivity index (χ2v) is 4.87. The summed E-state index contributed by atoms with van der Waals surface area (Å²) >= 11 is 0. The van der Waals surface area contributed by atoms with Crippen molar-refractivity contribution in [2.24, 2.45) is 0 Å². The summed E-state index contributed by atoms with van der Waals surface area (Å²) in [6, 6.07) is 5.38. The van der Waals surface area contributed by atoms with E-state index in [-0.39, 0.29) is 16.1 Å². The lowest BCUT2D eigenvalue weighted by Gasteiger charge is -2.42. The summed E-state index contributed by atoms with van der Waals surface area (Å²) in [5.74, 6) is 0. The summed E-state index contributed by atoms with van der Waals surface area (Å²) in [6.07, 6.45) is 4.62. The Hall–Kier alpha value is -1.58. The first-order chi connectivity index (χ1) is 8.06. The molecular formula is C13H18N2O2. The largest absolute Gasteiger partial charge is 0.379 e. The van der Waals surface area contributed by atoms with Gasteiger partial charge in [0.1, 0.15) is 0 Å². The third kappa shape index (κ3) is 2.25. The number of nitro benzene ring substituents is 1. The number of rotatable bonds is 4. The molecular weight excluding hydrogens is 216 g/mol. The van der Waals surface area contributed by atoms with Crippen LogP contribution in [-0.2, 0) is 0 Å². The standard InChI is InChI=1S/C13H18N2O2/c1-3-13(7-4-8-13)14-11-6-5-10(2)12(9-11)15(16)17/h5-6,9,14H,3-4,7-8H2,1-2H3. The van der Waals surface area contributed by atoms with E-state index in [1.54, 1.807) is 13.0 Å². The maximum Gasteiger partial charge on any atom is 0.274 e. The maximum atomic E-state index is 10.9. The van der Waals surface area contributed by atoms with Crippen molar-refractivity contribution in [2.75, 3.05) is 5.32 Å². The van der Waals surface area contributed by atoms with Gasteiger partial charge in [-0.3, -0.25) is 10.1 Å². The van der Waals surface area contributed by atoms with Crippen LogP contribution in [0.15, 0.2) is 18.2 Å². The summed E-state index contributed by atoms with van der Waals surface area (Å²) in [5, 5.41) is 14.3. The molecule has 92 valence electrons. The quantitative estimate of drug-likeness (QED) is 0.639. The highest BCUT2D eigenvalue weighted by Gasteiger charge is 2.35. The lowest BCUT2D eigenvalue weighted by Crippen LogP contribution is -2.44. The number of nitro groups is 1.